The third-order valence-electron chi connectivity index (χ3n) is 4.78. The lowest BCUT2D eigenvalue weighted by atomic mass is 10.1. The summed E-state index contributed by atoms with van der Waals surface area (Å²) < 4.78 is 26.8. The molecule has 0 radical (unpaired) electrons. The monoisotopic (exact) mass is 391 g/mol. The van der Waals surface area contributed by atoms with Crippen LogP contribution in [0, 0.1) is 5.82 Å². The fourth-order valence-corrected chi connectivity index (χ4v) is 3.50. The second kappa shape index (κ2) is 7.28. The van der Waals surface area contributed by atoms with Crippen molar-refractivity contribution < 1.29 is 13.9 Å². The molecule has 4 rings (SSSR count). The van der Waals surface area contributed by atoms with Crippen LogP contribution in [-0.4, -0.2) is 47.1 Å². The maximum Gasteiger partial charge on any atom is 0.239 e. The maximum absolute atomic E-state index is 14.1. The molecule has 0 amide bonds. The van der Waals surface area contributed by atoms with Gasteiger partial charge >= 0.3 is 0 Å². The number of nitrogens with zero attached hydrogens (tertiary/aromatic N) is 5. The largest absolute Gasteiger partial charge is 0.479 e. The van der Waals surface area contributed by atoms with Crippen LogP contribution in [0.25, 0.3) is 10.9 Å². The number of rotatable bonds is 4. The number of aromatic nitrogens is 4. The minimum Gasteiger partial charge on any atom is -0.479 e. The molecule has 0 unspecified atom stereocenters. The number of hydrogen-bond acceptors (Lipinski definition) is 6. The first kappa shape index (κ1) is 17.9. The molecular weight excluding hydrogens is 373 g/mol. The molecule has 0 bridgehead atoms. The van der Waals surface area contributed by atoms with E-state index in [-0.39, 0.29) is 17.1 Å². The molecule has 142 valence electrons. The van der Waals surface area contributed by atoms with Gasteiger partial charge in [0.05, 0.1) is 24.1 Å². The van der Waals surface area contributed by atoms with Gasteiger partial charge < -0.3 is 14.4 Å². The molecule has 1 aliphatic rings. The van der Waals surface area contributed by atoms with Gasteiger partial charge in [0, 0.05) is 38.7 Å². The van der Waals surface area contributed by atoms with Crippen LogP contribution in [0.3, 0.4) is 0 Å². The maximum atomic E-state index is 14.1. The van der Waals surface area contributed by atoms with Gasteiger partial charge in [0.25, 0.3) is 0 Å². The molecule has 1 fully saturated rings. The topological polar surface area (TPSA) is 65.3 Å². The van der Waals surface area contributed by atoms with Crippen LogP contribution >= 0.6 is 11.6 Å². The summed E-state index contributed by atoms with van der Waals surface area (Å²) in [5.74, 6) is 0.249. The van der Waals surface area contributed by atoms with Gasteiger partial charge in [-0.1, -0.05) is 11.6 Å². The molecule has 0 N–H and O–H groups in total. The Labute approximate surface area is 160 Å². The normalized spacial score (nSPS) is 15.3. The van der Waals surface area contributed by atoms with Crippen molar-refractivity contribution in [2.75, 3.05) is 32.3 Å². The number of anilines is 2. The van der Waals surface area contributed by atoms with E-state index in [1.807, 2.05) is 10.7 Å². The zero-order valence-electron chi connectivity index (χ0n) is 15.0. The Kier molecular flexibility index (Phi) is 4.84. The smallest absolute Gasteiger partial charge is 0.239 e. The summed E-state index contributed by atoms with van der Waals surface area (Å²) in [6.07, 6.45) is 5.29. The minimum atomic E-state index is -0.620. The molecule has 0 aliphatic carbocycles. The number of pyridine rings is 2. The van der Waals surface area contributed by atoms with Crippen LogP contribution < -0.4 is 9.64 Å². The summed E-state index contributed by atoms with van der Waals surface area (Å²) in [6.45, 7) is 1.42. The van der Waals surface area contributed by atoms with Gasteiger partial charge in [0.2, 0.25) is 5.88 Å². The third kappa shape index (κ3) is 3.19. The van der Waals surface area contributed by atoms with Crippen molar-refractivity contribution >= 4 is 34.0 Å². The fraction of sp³-hybridized carbons (Fsp3) is 0.389. The van der Waals surface area contributed by atoms with Crippen molar-refractivity contribution in [2.45, 2.75) is 18.9 Å². The van der Waals surface area contributed by atoms with Gasteiger partial charge in [-0.15, -0.1) is 0 Å². The van der Waals surface area contributed by atoms with E-state index in [4.69, 9.17) is 26.2 Å². The van der Waals surface area contributed by atoms with Crippen molar-refractivity contribution in [1.82, 2.24) is 19.7 Å². The van der Waals surface area contributed by atoms with Gasteiger partial charge in [0.15, 0.2) is 16.8 Å². The summed E-state index contributed by atoms with van der Waals surface area (Å²) in [4.78, 5) is 9.95. The Hall–Kier alpha value is -2.45. The SMILES string of the molecule is COc1nc(Cl)c(F)cc1N(C)c1nn(C2CCOCC2)c2ccncc12. The first-order valence-corrected chi connectivity index (χ1v) is 9.01. The van der Waals surface area contributed by atoms with Crippen molar-refractivity contribution in [2.24, 2.45) is 0 Å². The highest BCUT2D eigenvalue weighted by Gasteiger charge is 2.24. The van der Waals surface area contributed by atoms with E-state index in [0.717, 1.165) is 23.7 Å². The highest BCUT2D eigenvalue weighted by Crippen LogP contribution is 2.37. The molecule has 0 atom stereocenters. The standard InChI is InChI=1S/C18H19ClFN5O2/c1-24(15-9-13(20)16(19)22-18(15)26-2)17-12-10-21-6-3-14(12)25(23-17)11-4-7-27-8-5-11/h3,6,9-11H,4-5,7-8H2,1-2H3. The van der Waals surface area contributed by atoms with Crippen LogP contribution in [-0.2, 0) is 4.74 Å². The molecular formula is C18H19ClFN5O2. The third-order valence-corrected chi connectivity index (χ3v) is 5.04. The van der Waals surface area contributed by atoms with Crippen molar-refractivity contribution in [3.8, 4) is 5.88 Å². The fourth-order valence-electron chi connectivity index (χ4n) is 3.37. The van der Waals surface area contributed by atoms with Crippen molar-refractivity contribution in [3.63, 3.8) is 0 Å². The quantitative estimate of drug-likeness (QED) is 0.631. The molecule has 0 aromatic carbocycles. The van der Waals surface area contributed by atoms with Gasteiger partial charge in [-0.05, 0) is 18.9 Å². The van der Waals surface area contributed by atoms with Crippen molar-refractivity contribution in [3.05, 3.63) is 35.5 Å². The molecule has 9 heteroatoms. The average molecular weight is 392 g/mol. The number of ether oxygens (including phenoxy) is 2. The first-order chi connectivity index (χ1) is 13.1. The molecule has 3 aromatic heterocycles. The predicted octanol–water partition coefficient (Wildman–Crippen LogP) is 3.75. The molecule has 7 nitrogen and oxygen atoms in total. The van der Waals surface area contributed by atoms with Gasteiger partial charge in [-0.2, -0.15) is 10.1 Å². The molecule has 1 saturated heterocycles. The minimum absolute atomic E-state index is 0.224. The molecule has 0 spiro atoms. The van der Waals surface area contributed by atoms with E-state index in [1.54, 1.807) is 24.3 Å². The molecule has 1 aliphatic heterocycles. The summed E-state index contributed by atoms with van der Waals surface area (Å²) >= 11 is 5.79. The van der Waals surface area contributed by atoms with E-state index >= 15 is 0 Å². The van der Waals surface area contributed by atoms with Gasteiger partial charge in [-0.25, -0.2) is 4.39 Å². The Balaban J connectivity index is 1.83. The summed E-state index contributed by atoms with van der Waals surface area (Å²) in [7, 11) is 3.25. The second-order valence-electron chi connectivity index (χ2n) is 6.35. The lowest BCUT2D eigenvalue weighted by Gasteiger charge is -2.23. The first-order valence-electron chi connectivity index (χ1n) is 8.64. The van der Waals surface area contributed by atoms with Gasteiger partial charge in [0.1, 0.15) is 5.69 Å². The van der Waals surface area contributed by atoms with Crippen LogP contribution in [0.2, 0.25) is 5.15 Å². The number of hydrogen-bond donors (Lipinski definition) is 0. The second-order valence-corrected chi connectivity index (χ2v) is 6.71. The van der Waals surface area contributed by atoms with Crippen LogP contribution in [0.15, 0.2) is 24.5 Å². The molecule has 27 heavy (non-hydrogen) atoms. The lowest BCUT2D eigenvalue weighted by molar-refractivity contribution is 0.0675. The zero-order valence-corrected chi connectivity index (χ0v) is 15.8. The lowest BCUT2D eigenvalue weighted by Crippen LogP contribution is -2.21. The predicted molar refractivity (Wildman–Crippen MR) is 100 cm³/mol. The van der Waals surface area contributed by atoms with E-state index in [0.29, 0.717) is 24.7 Å². The van der Waals surface area contributed by atoms with E-state index < -0.39 is 5.82 Å². The zero-order chi connectivity index (χ0) is 19.0. The number of halogens is 2. The highest BCUT2D eigenvalue weighted by atomic mass is 35.5. The molecule has 0 saturated carbocycles. The summed E-state index contributed by atoms with van der Waals surface area (Å²) in [5, 5.41) is 5.46. The highest BCUT2D eigenvalue weighted by molar-refractivity contribution is 6.29. The Bertz CT molecular complexity index is 974. The Morgan fingerprint density at radius 3 is 2.89 bits per heavy atom. The van der Waals surface area contributed by atoms with Crippen molar-refractivity contribution in [1.29, 1.82) is 0 Å². The Morgan fingerprint density at radius 2 is 2.15 bits per heavy atom. The number of methoxy groups -OCH3 is 1. The van der Waals surface area contributed by atoms with Gasteiger partial charge in [-0.3, -0.25) is 9.67 Å². The average Bonchev–Trinajstić information content (AvgIpc) is 3.09. The number of fused-ring (bicyclic) bond motifs is 1. The summed E-state index contributed by atoms with van der Waals surface area (Å²) in [5.41, 5.74) is 1.40. The molecule has 4 heterocycles. The summed E-state index contributed by atoms with van der Waals surface area (Å²) in [6, 6.07) is 3.48. The van der Waals surface area contributed by atoms with E-state index in [2.05, 4.69) is 9.97 Å². The Morgan fingerprint density at radius 1 is 1.37 bits per heavy atom. The molecule has 3 aromatic rings. The van der Waals surface area contributed by atoms with E-state index in [1.165, 1.54) is 13.2 Å². The van der Waals surface area contributed by atoms with E-state index in [9.17, 15) is 4.39 Å². The van der Waals surface area contributed by atoms with Crippen LogP contribution in [0.5, 0.6) is 5.88 Å². The van der Waals surface area contributed by atoms with Crippen LogP contribution in [0.1, 0.15) is 18.9 Å². The van der Waals surface area contributed by atoms with Crippen LogP contribution in [0.4, 0.5) is 15.9 Å².